The van der Waals surface area contributed by atoms with E-state index in [1.54, 1.807) is 0 Å². The molecule has 0 amide bonds. The molecule has 3 aliphatic rings. The minimum atomic E-state index is -5.08. The molecule has 1 aromatic heterocycles. The topological polar surface area (TPSA) is 139 Å². The van der Waals surface area contributed by atoms with Crippen molar-refractivity contribution in [2.75, 3.05) is 46.3 Å². The highest BCUT2D eigenvalue weighted by atomic mass is 19.4. The summed E-state index contributed by atoms with van der Waals surface area (Å²) in [7, 11) is 2.21. The highest BCUT2D eigenvalue weighted by Gasteiger charge is 2.39. The summed E-state index contributed by atoms with van der Waals surface area (Å²) in [6.07, 6.45) is -10.2. The molecule has 0 aromatic carbocycles. The van der Waals surface area contributed by atoms with Crippen LogP contribution in [0, 0.1) is 5.92 Å². The van der Waals surface area contributed by atoms with Gasteiger partial charge in [0.05, 0.1) is 12.2 Å². The van der Waals surface area contributed by atoms with Crippen molar-refractivity contribution in [3.8, 4) is 0 Å². The number of alkyl halides is 9. The van der Waals surface area contributed by atoms with E-state index < -0.39 is 36.4 Å². The first-order valence-corrected chi connectivity index (χ1v) is 12.2. The van der Waals surface area contributed by atoms with Gasteiger partial charge in [0.15, 0.2) is 0 Å². The Balaban J connectivity index is 0.000000348. The normalized spacial score (nSPS) is 18.2. The van der Waals surface area contributed by atoms with E-state index in [9.17, 15) is 39.5 Å². The second-order valence-electron chi connectivity index (χ2n) is 9.48. The molecule has 20 heteroatoms. The maximum atomic E-state index is 10.6. The number of rotatable bonds is 4. The summed E-state index contributed by atoms with van der Waals surface area (Å²) in [6.45, 7) is 10.5. The second kappa shape index (κ2) is 15.4. The Bertz CT molecular complexity index is 976. The first-order valence-electron chi connectivity index (χ1n) is 12.2. The van der Waals surface area contributed by atoms with Crippen LogP contribution in [-0.2, 0) is 34.0 Å². The van der Waals surface area contributed by atoms with Gasteiger partial charge in [0.25, 0.3) is 0 Å². The minimum absolute atomic E-state index is 0.983. The van der Waals surface area contributed by atoms with Gasteiger partial charge >= 0.3 is 36.4 Å². The van der Waals surface area contributed by atoms with Crippen LogP contribution >= 0.6 is 0 Å². The van der Waals surface area contributed by atoms with Gasteiger partial charge < -0.3 is 24.8 Å². The molecule has 1 aromatic rings. The zero-order chi connectivity index (χ0) is 32.5. The molecule has 42 heavy (non-hydrogen) atoms. The first kappa shape index (κ1) is 36.9. The molecule has 11 nitrogen and oxygen atoms in total. The number of imidazole rings is 1. The van der Waals surface area contributed by atoms with Gasteiger partial charge in [-0.05, 0) is 25.8 Å². The number of aliphatic carboxylic acids is 3. The van der Waals surface area contributed by atoms with Gasteiger partial charge in [-0.15, -0.1) is 0 Å². The Labute approximate surface area is 233 Å². The molecule has 0 bridgehead atoms. The maximum Gasteiger partial charge on any atom is 0.490 e. The molecule has 1 aliphatic carbocycles. The van der Waals surface area contributed by atoms with Crippen LogP contribution in [0.1, 0.15) is 24.4 Å². The largest absolute Gasteiger partial charge is 0.490 e. The van der Waals surface area contributed by atoms with Crippen LogP contribution in [0.25, 0.3) is 0 Å². The lowest BCUT2D eigenvalue weighted by Crippen LogP contribution is -2.44. The van der Waals surface area contributed by atoms with Gasteiger partial charge in [0, 0.05) is 58.6 Å². The van der Waals surface area contributed by atoms with Gasteiger partial charge in [0.1, 0.15) is 5.82 Å². The number of halogens is 9. The lowest BCUT2D eigenvalue weighted by molar-refractivity contribution is -0.193. The van der Waals surface area contributed by atoms with Crippen molar-refractivity contribution in [3.63, 3.8) is 0 Å². The van der Waals surface area contributed by atoms with E-state index in [-0.39, 0.29) is 0 Å². The summed E-state index contributed by atoms with van der Waals surface area (Å²) < 4.78 is 97.7. The van der Waals surface area contributed by atoms with E-state index in [0.29, 0.717) is 0 Å². The van der Waals surface area contributed by atoms with Crippen molar-refractivity contribution in [3.05, 3.63) is 17.7 Å². The number of nitrogens with zero attached hydrogens (tertiary/aromatic N) is 5. The lowest BCUT2D eigenvalue weighted by atomic mass is 10.3. The number of hydrogen-bond donors (Lipinski definition) is 3. The average molecular weight is 631 g/mol. The molecular weight excluding hydrogens is 601 g/mol. The lowest BCUT2D eigenvalue weighted by Gasteiger charge is -2.33. The number of hydrogen-bond acceptors (Lipinski definition) is 7. The standard InChI is InChI=1S/C16H27N5.3C2HF3O2/c1-18-4-6-19(7-5-18)12-15-10-17-16-13-20(8-9-21(15)16)11-14-2-3-14;3*3-2(4,5)1(6)7/h10,14H,2-9,11-13H2,1H3;3*(H,6,7). The molecule has 0 atom stereocenters. The molecule has 1 saturated heterocycles. The Morgan fingerprint density at radius 3 is 1.55 bits per heavy atom. The zero-order valence-electron chi connectivity index (χ0n) is 22.1. The average Bonchev–Trinajstić information content (AvgIpc) is 3.58. The van der Waals surface area contributed by atoms with Crippen molar-refractivity contribution in [1.29, 1.82) is 0 Å². The minimum Gasteiger partial charge on any atom is -0.475 e. The second-order valence-corrected chi connectivity index (χ2v) is 9.48. The van der Waals surface area contributed by atoms with Crippen LogP contribution in [0.2, 0.25) is 0 Å². The van der Waals surface area contributed by atoms with Crippen LogP contribution in [0.3, 0.4) is 0 Å². The Morgan fingerprint density at radius 2 is 1.17 bits per heavy atom. The fourth-order valence-corrected chi connectivity index (χ4v) is 3.56. The fraction of sp³-hybridized carbons (Fsp3) is 0.727. The quantitative estimate of drug-likeness (QED) is 0.426. The van der Waals surface area contributed by atoms with Gasteiger partial charge in [-0.3, -0.25) is 9.80 Å². The van der Waals surface area contributed by atoms with E-state index in [4.69, 9.17) is 34.7 Å². The monoisotopic (exact) mass is 631 g/mol. The van der Waals surface area contributed by atoms with Crippen molar-refractivity contribution in [2.24, 2.45) is 5.92 Å². The third-order valence-electron chi connectivity index (χ3n) is 5.95. The summed E-state index contributed by atoms with van der Waals surface area (Å²) in [5.74, 6) is -6.00. The van der Waals surface area contributed by atoms with Crippen molar-refractivity contribution >= 4 is 17.9 Å². The van der Waals surface area contributed by atoms with E-state index in [1.165, 1.54) is 63.6 Å². The van der Waals surface area contributed by atoms with Crippen molar-refractivity contribution in [2.45, 2.75) is 51.0 Å². The van der Waals surface area contributed by atoms with Crippen LogP contribution in [0.5, 0.6) is 0 Å². The molecule has 0 radical (unpaired) electrons. The summed E-state index contributed by atoms with van der Waals surface area (Å²) in [5.41, 5.74) is 1.42. The molecule has 0 spiro atoms. The van der Waals surface area contributed by atoms with Gasteiger partial charge in [-0.1, -0.05) is 0 Å². The fourth-order valence-electron chi connectivity index (χ4n) is 3.56. The SMILES string of the molecule is CN1CCN(Cc2cnc3n2CCN(CC2CC2)C3)CC1.O=C(O)C(F)(F)F.O=C(O)C(F)(F)F.O=C(O)C(F)(F)F. The molecular formula is C22H30F9N5O6. The highest BCUT2D eigenvalue weighted by Crippen LogP contribution is 2.31. The van der Waals surface area contributed by atoms with Gasteiger partial charge in [0.2, 0.25) is 0 Å². The van der Waals surface area contributed by atoms with Gasteiger partial charge in [-0.2, -0.15) is 39.5 Å². The Morgan fingerprint density at radius 1 is 0.762 bits per heavy atom. The Hall–Kier alpha value is -3.13. The summed E-state index contributed by atoms with van der Waals surface area (Å²) in [6, 6.07) is 0. The molecule has 242 valence electrons. The molecule has 2 aliphatic heterocycles. The number of fused-ring (bicyclic) bond motifs is 1. The van der Waals surface area contributed by atoms with Crippen LogP contribution in [0.4, 0.5) is 39.5 Å². The smallest absolute Gasteiger partial charge is 0.475 e. The molecule has 4 rings (SSSR count). The Kier molecular flexibility index (Phi) is 13.5. The molecule has 3 heterocycles. The number of aromatic nitrogens is 2. The number of carboxylic acids is 3. The number of likely N-dealkylation sites (N-methyl/N-ethyl adjacent to an activating group) is 1. The summed E-state index contributed by atoms with van der Waals surface area (Å²) >= 11 is 0. The predicted molar refractivity (Wildman–Crippen MR) is 124 cm³/mol. The third-order valence-corrected chi connectivity index (χ3v) is 5.95. The molecule has 1 saturated carbocycles. The van der Waals surface area contributed by atoms with Crippen LogP contribution < -0.4 is 0 Å². The number of piperazine rings is 1. The van der Waals surface area contributed by atoms with Crippen LogP contribution in [-0.4, -0.2) is 122 Å². The summed E-state index contributed by atoms with van der Waals surface area (Å²) in [5, 5.41) is 21.4. The molecule has 2 fully saturated rings. The van der Waals surface area contributed by atoms with Crippen LogP contribution in [0.15, 0.2) is 6.20 Å². The highest BCUT2D eigenvalue weighted by molar-refractivity contribution is 5.73. The number of carboxylic acid groups (broad SMARTS) is 3. The van der Waals surface area contributed by atoms with E-state index in [0.717, 1.165) is 25.6 Å². The first-order chi connectivity index (χ1) is 19.1. The zero-order valence-corrected chi connectivity index (χ0v) is 22.1. The summed E-state index contributed by atoms with van der Waals surface area (Å²) in [4.78, 5) is 39.0. The van der Waals surface area contributed by atoms with E-state index in [1.807, 2.05) is 0 Å². The number of carbonyl (C=O) groups is 3. The van der Waals surface area contributed by atoms with E-state index >= 15 is 0 Å². The van der Waals surface area contributed by atoms with Gasteiger partial charge in [-0.25, -0.2) is 19.4 Å². The van der Waals surface area contributed by atoms with Crippen molar-refractivity contribution in [1.82, 2.24) is 24.3 Å². The maximum absolute atomic E-state index is 10.6. The predicted octanol–water partition coefficient (Wildman–Crippen LogP) is 2.76. The third kappa shape index (κ3) is 14.2. The molecule has 0 unspecified atom stereocenters. The van der Waals surface area contributed by atoms with Crippen molar-refractivity contribution < 1.29 is 69.2 Å². The van der Waals surface area contributed by atoms with E-state index in [2.05, 4.69) is 32.5 Å². The molecule has 3 N–H and O–H groups in total.